The van der Waals surface area contributed by atoms with Crippen molar-refractivity contribution >= 4 is 17.3 Å². The van der Waals surface area contributed by atoms with Crippen molar-refractivity contribution in [3.8, 4) is 11.5 Å². The number of nitrogens with two attached hydrogens (primary N) is 1. The zero-order valence-corrected chi connectivity index (χ0v) is 11.6. The summed E-state index contributed by atoms with van der Waals surface area (Å²) in [7, 11) is 0. The van der Waals surface area contributed by atoms with Gasteiger partial charge in [0.05, 0.1) is 5.56 Å². The van der Waals surface area contributed by atoms with Crippen molar-refractivity contribution in [1.29, 1.82) is 0 Å². The highest BCUT2D eigenvalue weighted by Gasteiger charge is 2.13. The smallest absolute Gasteiger partial charge is 0.260 e. The van der Waals surface area contributed by atoms with E-state index in [9.17, 15) is 4.39 Å². The molecule has 0 aliphatic heterocycles. The average Bonchev–Trinajstić information content (AvgIpc) is 2.87. The summed E-state index contributed by atoms with van der Waals surface area (Å²) >= 11 is 5.92. The Morgan fingerprint density at radius 3 is 2.81 bits per heavy atom. The second-order valence-electron chi connectivity index (χ2n) is 4.56. The van der Waals surface area contributed by atoms with Crippen LogP contribution in [-0.2, 0) is 6.42 Å². The summed E-state index contributed by atoms with van der Waals surface area (Å²) in [6, 6.07) is 11.7. The lowest BCUT2D eigenvalue weighted by molar-refractivity contribution is 0.421. The summed E-state index contributed by atoms with van der Waals surface area (Å²) in [5.74, 6) is 0.0981. The summed E-state index contributed by atoms with van der Waals surface area (Å²) in [6.45, 7) is 0. The van der Waals surface area contributed by atoms with E-state index in [1.165, 1.54) is 12.1 Å². The second kappa shape index (κ2) is 5.54. The first kappa shape index (κ1) is 13.6. The van der Waals surface area contributed by atoms with E-state index < -0.39 is 5.82 Å². The quantitative estimate of drug-likeness (QED) is 0.749. The summed E-state index contributed by atoms with van der Waals surface area (Å²) in [4.78, 5) is 4.19. The molecule has 0 saturated heterocycles. The van der Waals surface area contributed by atoms with E-state index in [0.29, 0.717) is 23.0 Å². The van der Waals surface area contributed by atoms with Crippen LogP contribution in [0.25, 0.3) is 11.5 Å². The first-order valence-corrected chi connectivity index (χ1v) is 6.62. The molecule has 0 unspecified atom stereocenters. The van der Waals surface area contributed by atoms with E-state index in [4.69, 9.17) is 21.9 Å². The fraction of sp³-hybridized carbons (Fsp3) is 0.0667. The molecule has 0 spiro atoms. The highest BCUT2D eigenvalue weighted by atomic mass is 35.5. The minimum atomic E-state index is -0.493. The Labute approximate surface area is 125 Å². The minimum absolute atomic E-state index is 0.129. The molecule has 106 valence electrons. The maximum Gasteiger partial charge on any atom is 0.260 e. The normalized spacial score (nSPS) is 10.8. The van der Waals surface area contributed by atoms with Gasteiger partial charge in [-0.05, 0) is 35.9 Å². The molecule has 0 saturated carbocycles. The van der Waals surface area contributed by atoms with Gasteiger partial charge in [0.15, 0.2) is 5.82 Å². The second-order valence-corrected chi connectivity index (χ2v) is 5.00. The van der Waals surface area contributed by atoms with Crippen molar-refractivity contribution in [1.82, 2.24) is 10.1 Å². The highest BCUT2D eigenvalue weighted by molar-refractivity contribution is 6.30. The average molecular weight is 304 g/mol. The fourth-order valence-electron chi connectivity index (χ4n) is 1.97. The van der Waals surface area contributed by atoms with E-state index in [2.05, 4.69) is 10.1 Å². The van der Waals surface area contributed by atoms with Crippen molar-refractivity contribution in [3.63, 3.8) is 0 Å². The summed E-state index contributed by atoms with van der Waals surface area (Å²) < 4.78 is 18.9. The number of hydrogen-bond acceptors (Lipinski definition) is 4. The third-order valence-corrected chi connectivity index (χ3v) is 3.18. The summed E-state index contributed by atoms with van der Waals surface area (Å²) in [5, 5.41) is 4.49. The van der Waals surface area contributed by atoms with Gasteiger partial charge in [0, 0.05) is 17.1 Å². The number of rotatable bonds is 3. The van der Waals surface area contributed by atoms with Crippen LogP contribution in [0.15, 0.2) is 47.0 Å². The number of hydrogen-bond donors (Lipinski definition) is 1. The van der Waals surface area contributed by atoms with Crippen LogP contribution in [0.2, 0.25) is 5.02 Å². The maximum atomic E-state index is 13.8. The number of halogens is 2. The highest BCUT2D eigenvalue weighted by Crippen LogP contribution is 2.23. The van der Waals surface area contributed by atoms with E-state index in [1.807, 2.05) is 18.2 Å². The predicted molar refractivity (Wildman–Crippen MR) is 78.4 cm³/mol. The minimum Gasteiger partial charge on any atom is -0.399 e. The van der Waals surface area contributed by atoms with Gasteiger partial charge in [-0.2, -0.15) is 4.98 Å². The van der Waals surface area contributed by atoms with Crippen LogP contribution in [0.5, 0.6) is 0 Å². The van der Waals surface area contributed by atoms with E-state index >= 15 is 0 Å². The maximum absolute atomic E-state index is 13.8. The Bertz CT molecular complexity index is 788. The van der Waals surface area contributed by atoms with Gasteiger partial charge >= 0.3 is 0 Å². The fourth-order valence-corrected chi connectivity index (χ4v) is 2.18. The third kappa shape index (κ3) is 3.03. The van der Waals surface area contributed by atoms with Crippen molar-refractivity contribution in [2.75, 3.05) is 5.73 Å². The number of aromatic nitrogens is 2. The Morgan fingerprint density at radius 1 is 1.19 bits per heavy atom. The Hall–Kier alpha value is -2.40. The summed E-state index contributed by atoms with van der Waals surface area (Å²) in [5.41, 5.74) is 7.03. The van der Waals surface area contributed by atoms with Crippen LogP contribution >= 0.6 is 11.6 Å². The van der Waals surface area contributed by atoms with Crippen LogP contribution in [0.4, 0.5) is 10.1 Å². The Kier molecular flexibility index (Phi) is 3.58. The van der Waals surface area contributed by atoms with Crippen LogP contribution in [0.3, 0.4) is 0 Å². The molecule has 0 fully saturated rings. The lowest BCUT2D eigenvalue weighted by atomic mass is 10.1. The molecule has 6 heteroatoms. The van der Waals surface area contributed by atoms with Gasteiger partial charge in [0.25, 0.3) is 5.89 Å². The molecule has 0 radical (unpaired) electrons. The molecule has 0 bridgehead atoms. The molecule has 1 aromatic heterocycles. The Balaban J connectivity index is 1.86. The van der Waals surface area contributed by atoms with Crippen LogP contribution in [-0.4, -0.2) is 10.1 Å². The van der Waals surface area contributed by atoms with Crippen LogP contribution < -0.4 is 5.73 Å². The zero-order valence-electron chi connectivity index (χ0n) is 10.9. The lowest BCUT2D eigenvalue weighted by Crippen LogP contribution is -1.92. The standard InChI is InChI=1S/C15H11ClFN3O/c16-10-3-1-2-9(6-10)7-14-19-15(21-20-14)12-5-4-11(18)8-13(12)17/h1-6,8H,7,18H2. The molecule has 2 aromatic carbocycles. The molecule has 4 nitrogen and oxygen atoms in total. The molecule has 1 heterocycles. The molecule has 0 amide bonds. The Morgan fingerprint density at radius 2 is 2.05 bits per heavy atom. The number of benzene rings is 2. The molecule has 0 aliphatic rings. The predicted octanol–water partition coefficient (Wildman–Crippen LogP) is 3.70. The van der Waals surface area contributed by atoms with Crippen molar-refractivity contribution in [2.45, 2.75) is 6.42 Å². The SMILES string of the molecule is Nc1ccc(-c2nc(Cc3cccc(Cl)c3)no2)c(F)c1. The van der Waals surface area contributed by atoms with E-state index in [1.54, 1.807) is 12.1 Å². The van der Waals surface area contributed by atoms with Gasteiger partial charge in [0.1, 0.15) is 5.82 Å². The molecular formula is C15H11ClFN3O. The lowest BCUT2D eigenvalue weighted by Gasteiger charge is -1.98. The van der Waals surface area contributed by atoms with Crippen molar-refractivity contribution in [3.05, 3.63) is 64.7 Å². The first-order valence-electron chi connectivity index (χ1n) is 6.24. The third-order valence-electron chi connectivity index (χ3n) is 2.94. The van der Waals surface area contributed by atoms with Crippen molar-refractivity contribution < 1.29 is 8.91 Å². The number of nitrogens with zero attached hydrogens (tertiary/aromatic N) is 2. The molecule has 2 N–H and O–H groups in total. The van der Waals surface area contributed by atoms with Gasteiger partial charge in [-0.1, -0.05) is 28.9 Å². The zero-order chi connectivity index (χ0) is 14.8. The van der Waals surface area contributed by atoms with Gasteiger partial charge in [-0.3, -0.25) is 0 Å². The molecule has 3 aromatic rings. The number of nitrogen functional groups attached to an aromatic ring is 1. The van der Waals surface area contributed by atoms with E-state index in [-0.39, 0.29) is 11.5 Å². The topological polar surface area (TPSA) is 64.9 Å². The summed E-state index contributed by atoms with van der Waals surface area (Å²) in [6.07, 6.45) is 0.459. The molecule has 3 rings (SSSR count). The molecular weight excluding hydrogens is 293 g/mol. The molecule has 0 atom stereocenters. The largest absolute Gasteiger partial charge is 0.399 e. The van der Waals surface area contributed by atoms with Gasteiger partial charge in [-0.15, -0.1) is 0 Å². The van der Waals surface area contributed by atoms with E-state index in [0.717, 1.165) is 5.56 Å². The number of anilines is 1. The van der Waals surface area contributed by atoms with Crippen molar-refractivity contribution in [2.24, 2.45) is 0 Å². The van der Waals surface area contributed by atoms with Crippen LogP contribution in [0, 0.1) is 5.82 Å². The monoisotopic (exact) mass is 303 g/mol. The molecule has 21 heavy (non-hydrogen) atoms. The molecule has 0 aliphatic carbocycles. The van der Waals surface area contributed by atoms with Gasteiger partial charge in [-0.25, -0.2) is 4.39 Å². The van der Waals surface area contributed by atoms with Crippen LogP contribution in [0.1, 0.15) is 11.4 Å². The first-order chi connectivity index (χ1) is 10.1. The van der Waals surface area contributed by atoms with Gasteiger partial charge in [0.2, 0.25) is 0 Å². The van der Waals surface area contributed by atoms with Gasteiger partial charge < -0.3 is 10.3 Å².